The number of aliphatic hydroxyl groups is 1. The number of aliphatic hydroxyl groups excluding tert-OH is 1. The van der Waals surface area contributed by atoms with E-state index in [0.717, 1.165) is 44.9 Å². The number of urea groups is 1. The summed E-state index contributed by atoms with van der Waals surface area (Å²) in [6, 6.07) is -0.356. The Morgan fingerprint density at radius 1 is 1.16 bits per heavy atom. The summed E-state index contributed by atoms with van der Waals surface area (Å²) in [5.74, 6) is 0.349. The summed E-state index contributed by atoms with van der Waals surface area (Å²) >= 11 is 0. The van der Waals surface area contributed by atoms with Crippen molar-refractivity contribution in [3.8, 4) is 0 Å². The molecule has 7 nitrogen and oxygen atoms in total. The number of carbonyl (C=O) groups is 2. The molecule has 0 unspecified atom stereocenters. The lowest BCUT2D eigenvalue weighted by atomic mass is 9.97. The van der Waals surface area contributed by atoms with Crippen LogP contribution in [0.3, 0.4) is 0 Å². The van der Waals surface area contributed by atoms with Crippen LogP contribution >= 0.6 is 0 Å². The topological polar surface area (TPSA) is 99.7 Å². The van der Waals surface area contributed by atoms with Gasteiger partial charge in [-0.2, -0.15) is 0 Å². The van der Waals surface area contributed by atoms with Gasteiger partial charge in [0.2, 0.25) is 5.91 Å². The first-order chi connectivity index (χ1) is 12.0. The highest BCUT2D eigenvalue weighted by atomic mass is 16.5. The van der Waals surface area contributed by atoms with Crippen molar-refractivity contribution in [2.75, 3.05) is 13.2 Å². The standard InChI is InChI=1S/C18H33N3O4/c1-12(2)20-18(24)21-15-8-7-14(25-16(15)11-22)9-10-19-17(23)13-5-3-4-6-13/h12-16,22H,3-11H2,1-2H3,(H,19,23)(H2,20,21,24)/t14-,15+,16+/m1/s1. The monoisotopic (exact) mass is 355 g/mol. The molecular weight excluding hydrogens is 322 g/mol. The van der Waals surface area contributed by atoms with Crippen molar-refractivity contribution < 1.29 is 19.4 Å². The zero-order valence-electron chi connectivity index (χ0n) is 15.4. The third-order valence-corrected chi connectivity index (χ3v) is 5.02. The molecule has 1 saturated heterocycles. The van der Waals surface area contributed by atoms with Gasteiger partial charge in [0, 0.05) is 18.5 Å². The second kappa shape index (κ2) is 9.97. The fourth-order valence-corrected chi connectivity index (χ4v) is 3.67. The van der Waals surface area contributed by atoms with Crippen LogP contribution in [0.15, 0.2) is 0 Å². The molecule has 0 aromatic rings. The summed E-state index contributed by atoms with van der Waals surface area (Å²) in [5, 5.41) is 18.2. The molecule has 1 saturated carbocycles. The number of ether oxygens (including phenoxy) is 1. The van der Waals surface area contributed by atoms with E-state index in [1.165, 1.54) is 0 Å². The minimum absolute atomic E-state index is 0.00670. The first-order valence-electron chi connectivity index (χ1n) is 9.60. The highest BCUT2D eigenvalue weighted by molar-refractivity contribution is 5.78. The summed E-state index contributed by atoms with van der Waals surface area (Å²) < 4.78 is 5.92. The normalized spacial score (nSPS) is 27.3. The first kappa shape index (κ1) is 20.0. The van der Waals surface area contributed by atoms with Crippen molar-refractivity contribution in [2.24, 2.45) is 5.92 Å². The Morgan fingerprint density at radius 2 is 1.88 bits per heavy atom. The Morgan fingerprint density at radius 3 is 2.52 bits per heavy atom. The van der Waals surface area contributed by atoms with Crippen LogP contribution in [-0.2, 0) is 9.53 Å². The Hall–Kier alpha value is -1.34. The average molecular weight is 355 g/mol. The zero-order valence-corrected chi connectivity index (χ0v) is 15.4. The van der Waals surface area contributed by atoms with Gasteiger partial charge in [0.25, 0.3) is 0 Å². The van der Waals surface area contributed by atoms with E-state index < -0.39 is 6.10 Å². The van der Waals surface area contributed by atoms with Crippen LogP contribution in [0, 0.1) is 5.92 Å². The molecule has 3 amide bonds. The van der Waals surface area contributed by atoms with Crippen LogP contribution in [0.25, 0.3) is 0 Å². The highest BCUT2D eigenvalue weighted by Gasteiger charge is 2.32. The number of carbonyl (C=O) groups excluding carboxylic acids is 2. The maximum Gasteiger partial charge on any atom is 0.315 e. The largest absolute Gasteiger partial charge is 0.394 e. The van der Waals surface area contributed by atoms with E-state index in [9.17, 15) is 14.7 Å². The summed E-state index contributed by atoms with van der Waals surface area (Å²) in [4.78, 5) is 23.9. The van der Waals surface area contributed by atoms with E-state index in [1.54, 1.807) is 0 Å². The average Bonchev–Trinajstić information content (AvgIpc) is 3.09. The van der Waals surface area contributed by atoms with Crippen LogP contribution in [-0.4, -0.2) is 54.5 Å². The molecule has 2 rings (SSSR count). The van der Waals surface area contributed by atoms with Crippen molar-refractivity contribution in [2.45, 2.75) is 83.1 Å². The van der Waals surface area contributed by atoms with Gasteiger partial charge in [0.1, 0.15) is 6.10 Å². The number of hydrogen-bond donors (Lipinski definition) is 4. The Bertz CT molecular complexity index is 438. The lowest BCUT2D eigenvalue weighted by Crippen LogP contribution is -2.54. The van der Waals surface area contributed by atoms with E-state index in [2.05, 4.69) is 16.0 Å². The maximum atomic E-state index is 12.0. The highest BCUT2D eigenvalue weighted by Crippen LogP contribution is 2.25. The molecule has 7 heteroatoms. The van der Waals surface area contributed by atoms with Crippen LogP contribution in [0.2, 0.25) is 0 Å². The van der Waals surface area contributed by atoms with Crippen molar-refractivity contribution in [1.82, 2.24) is 16.0 Å². The molecule has 1 heterocycles. The Kier molecular flexibility index (Phi) is 7.96. The lowest BCUT2D eigenvalue weighted by molar-refractivity contribution is -0.125. The van der Waals surface area contributed by atoms with Gasteiger partial charge in [-0.1, -0.05) is 12.8 Å². The van der Waals surface area contributed by atoms with Gasteiger partial charge in [-0.05, 0) is 46.0 Å². The number of rotatable bonds is 7. The molecule has 1 aliphatic heterocycles. The smallest absolute Gasteiger partial charge is 0.315 e. The van der Waals surface area contributed by atoms with E-state index in [1.807, 2.05) is 13.8 Å². The van der Waals surface area contributed by atoms with Crippen LogP contribution < -0.4 is 16.0 Å². The van der Waals surface area contributed by atoms with Crippen LogP contribution in [0.5, 0.6) is 0 Å². The fourth-order valence-electron chi connectivity index (χ4n) is 3.67. The van der Waals surface area contributed by atoms with Crippen molar-refractivity contribution in [3.05, 3.63) is 0 Å². The van der Waals surface area contributed by atoms with E-state index in [4.69, 9.17) is 4.74 Å². The summed E-state index contributed by atoms with van der Waals surface area (Å²) in [5.41, 5.74) is 0. The third-order valence-electron chi connectivity index (χ3n) is 5.02. The first-order valence-corrected chi connectivity index (χ1v) is 9.60. The molecule has 2 fully saturated rings. The summed E-state index contributed by atoms with van der Waals surface area (Å²) in [6.45, 7) is 4.27. The zero-order chi connectivity index (χ0) is 18.2. The minimum atomic E-state index is -0.401. The van der Waals surface area contributed by atoms with Gasteiger partial charge in [-0.25, -0.2) is 4.79 Å². The van der Waals surface area contributed by atoms with Crippen molar-refractivity contribution in [3.63, 3.8) is 0 Å². The van der Waals surface area contributed by atoms with Gasteiger partial charge in [-0.15, -0.1) is 0 Å². The predicted octanol–water partition coefficient (Wildman–Crippen LogP) is 1.30. The molecule has 0 bridgehead atoms. The molecule has 2 aliphatic rings. The molecule has 0 aromatic carbocycles. The molecule has 3 atom stereocenters. The number of amides is 3. The van der Waals surface area contributed by atoms with Crippen molar-refractivity contribution in [1.29, 1.82) is 0 Å². The van der Waals surface area contributed by atoms with Gasteiger partial charge in [-0.3, -0.25) is 4.79 Å². The van der Waals surface area contributed by atoms with Gasteiger partial charge < -0.3 is 25.8 Å². The SMILES string of the molecule is CC(C)NC(=O)N[C@H]1CC[C@H](CCNC(=O)C2CCCC2)O[C@H]1CO. The molecule has 144 valence electrons. The summed E-state index contributed by atoms with van der Waals surface area (Å²) in [7, 11) is 0. The second-order valence-corrected chi connectivity index (χ2v) is 7.50. The quantitative estimate of drug-likeness (QED) is 0.553. The molecule has 4 N–H and O–H groups in total. The summed E-state index contributed by atoms with van der Waals surface area (Å²) in [6.07, 6.45) is 6.23. The third kappa shape index (κ3) is 6.47. The molecule has 0 spiro atoms. The molecular formula is C18H33N3O4. The van der Waals surface area contributed by atoms with E-state index >= 15 is 0 Å². The van der Waals surface area contributed by atoms with Crippen LogP contribution in [0.1, 0.15) is 58.8 Å². The molecule has 0 aromatic heterocycles. The Labute approximate surface area is 150 Å². The maximum absolute atomic E-state index is 12.0. The lowest BCUT2D eigenvalue weighted by Gasteiger charge is -2.36. The second-order valence-electron chi connectivity index (χ2n) is 7.50. The predicted molar refractivity (Wildman–Crippen MR) is 95.2 cm³/mol. The molecule has 0 radical (unpaired) electrons. The number of hydrogen-bond acceptors (Lipinski definition) is 4. The van der Waals surface area contributed by atoms with Gasteiger partial charge >= 0.3 is 6.03 Å². The van der Waals surface area contributed by atoms with E-state index in [-0.39, 0.29) is 42.7 Å². The van der Waals surface area contributed by atoms with Gasteiger partial charge in [0.15, 0.2) is 0 Å². The van der Waals surface area contributed by atoms with Crippen LogP contribution in [0.4, 0.5) is 4.79 Å². The minimum Gasteiger partial charge on any atom is -0.394 e. The molecule has 25 heavy (non-hydrogen) atoms. The van der Waals surface area contributed by atoms with Gasteiger partial charge in [0.05, 0.1) is 18.8 Å². The Balaban J connectivity index is 1.69. The number of nitrogens with one attached hydrogen (secondary N) is 3. The van der Waals surface area contributed by atoms with E-state index in [0.29, 0.717) is 6.54 Å². The fraction of sp³-hybridized carbons (Fsp3) is 0.889. The molecule has 1 aliphatic carbocycles. The van der Waals surface area contributed by atoms with Crippen molar-refractivity contribution >= 4 is 11.9 Å².